The van der Waals surface area contributed by atoms with Crippen molar-refractivity contribution < 1.29 is 23.6 Å². The molecule has 5 aliphatic rings. The van der Waals surface area contributed by atoms with Crippen molar-refractivity contribution in [1.29, 1.82) is 0 Å². The van der Waals surface area contributed by atoms with Crippen molar-refractivity contribution in [3.63, 3.8) is 0 Å². The third kappa shape index (κ3) is 4.16. The number of rotatable bonds is 6. The van der Waals surface area contributed by atoms with Crippen molar-refractivity contribution in [2.75, 3.05) is 6.61 Å². The van der Waals surface area contributed by atoms with E-state index in [1.54, 1.807) is 0 Å². The molecule has 4 atom stereocenters. The summed E-state index contributed by atoms with van der Waals surface area (Å²) in [5.41, 5.74) is 1.90. The maximum absolute atomic E-state index is 6.19. The Morgan fingerprint density at radius 1 is 0.966 bits per heavy atom. The Morgan fingerprint density at radius 3 is 2.24 bits per heavy atom. The quantitative estimate of drug-likeness (QED) is 0.526. The Hall–Kier alpha value is -0.158. The van der Waals surface area contributed by atoms with Crippen LogP contribution in [0.3, 0.4) is 0 Å². The van der Waals surface area contributed by atoms with Crippen LogP contribution in [0.15, 0.2) is 30.3 Å². The summed E-state index contributed by atoms with van der Waals surface area (Å²) in [6.45, 7) is 7.94. The first kappa shape index (κ1) is 22.1. The van der Waals surface area contributed by atoms with Crippen LogP contribution in [-0.2, 0) is 11.3 Å². The Labute approximate surface area is 191 Å². The number of ether oxygens (including phenoxy) is 1. The van der Waals surface area contributed by atoms with Crippen LogP contribution in [0.2, 0.25) is 17.5 Å². The fourth-order valence-electron chi connectivity index (χ4n) is 8.25. The summed E-state index contributed by atoms with van der Waals surface area (Å²) < 4.78 is 6.19. The van der Waals surface area contributed by atoms with Gasteiger partial charge in [-0.3, -0.25) is 0 Å². The molecule has 2 aliphatic heterocycles. The van der Waals surface area contributed by atoms with Crippen molar-refractivity contribution in [2.45, 2.75) is 95.7 Å². The molecule has 3 heteroatoms. The standard InChI is InChI=1S/C26H39BO.Li/c1-26(2)20-16-24(26)23(14-15-28-18-19-8-4-3-5-9-19)25(17-20)27-21-10-6-11-22(27)13-7-12-21;/h3-5,8-9,20-25H,6-7,10-18H2,1-2H3;/q-1;+1/t20-,21?,22?,23-,24+,25-;/m0./s1. The molecule has 2 saturated heterocycles. The van der Waals surface area contributed by atoms with Crippen molar-refractivity contribution in [3.05, 3.63) is 35.9 Å². The fourth-order valence-corrected chi connectivity index (χ4v) is 8.25. The van der Waals surface area contributed by atoms with Crippen molar-refractivity contribution in [1.82, 2.24) is 0 Å². The number of hydrogen-bond acceptors (Lipinski definition) is 1. The van der Waals surface area contributed by atoms with E-state index in [2.05, 4.69) is 44.2 Å². The predicted molar refractivity (Wildman–Crippen MR) is 119 cm³/mol. The molecule has 0 spiro atoms. The van der Waals surface area contributed by atoms with E-state index < -0.39 is 0 Å². The van der Waals surface area contributed by atoms with Crippen LogP contribution in [0.4, 0.5) is 0 Å². The minimum absolute atomic E-state index is 0. The smallest absolute Gasteiger partial charge is 0.377 e. The zero-order chi connectivity index (χ0) is 19.1. The molecule has 0 N–H and O–H groups in total. The van der Waals surface area contributed by atoms with Gasteiger partial charge >= 0.3 is 18.9 Å². The maximum atomic E-state index is 6.19. The summed E-state index contributed by atoms with van der Waals surface area (Å²) in [7, 11) is 0. The van der Waals surface area contributed by atoms with Gasteiger partial charge in [0, 0.05) is 6.61 Å². The summed E-state index contributed by atoms with van der Waals surface area (Å²) in [6, 6.07) is 10.7. The van der Waals surface area contributed by atoms with Crippen LogP contribution >= 0.6 is 0 Å². The van der Waals surface area contributed by atoms with Crippen molar-refractivity contribution in [3.8, 4) is 0 Å². The van der Waals surface area contributed by atoms with Crippen LogP contribution in [0.5, 0.6) is 0 Å². The molecule has 0 amide bonds. The Kier molecular flexibility index (Phi) is 6.95. The Bertz CT molecular complexity index is 640. The maximum Gasteiger partial charge on any atom is 1.00 e. The third-order valence-corrected chi connectivity index (χ3v) is 9.76. The second-order valence-corrected chi connectivity index (χ2v) is 11.2. The molecule has 3 saturated carbocycles. The van der Waals surface area contributed by atoms with E-state index in [9.17, 15) is 0 Å². The molecule has 1 nitrogen and oxygen atoms in total. The van der Waals surface area contributed by atoms with Crippen LogP contribution in [0, 0.1) is 23.2 Å². The first-order chi connectivity index (χ1) is 13.6. The topological polar surface area (TPSA) is 9.23 Å². The van der Waals surface area contributed by atoms with E-state index >= 15 is 0 Å². The van der Waals surface area contributed by atoms with Crippen LogP contribution in [-0.4, -0.2) is 13.3 Å². The van der Waals surface area contributed by atoms with Crippen molar-refractivity contribution in [2.24, 2.45) is 23.2 Å². The molecule has 1 radical (unpaired) electrons. The molecule has 3 aliphatic carbocycles. The first-order valence-electron chi connectivity index (χ1n) is 12.3. The average molecular weight is 385 g/mol. The second kappa shape index (κ2) is 9.14. The number of hydrogen-bond donors (Lipinski definition) is 0. The van der Waals surface area contributed by atoms with Gasteiger partial charge in [0.1, 0.15) is 0 Å². The zero-order valence-electron chi connectivity index (χ0n) is 19.1. The van der Waals surface area contributed by atoms with Gasteiger partial charge in [-0.05, 0) is 35.7 Å². The molecule has 1 aromatic carbocycles. The number of benzene rings is 1. The van der Waals surface area contributed by atoms with Gasteiger partial charge in [0.25, 0.3) is 0 Å². The minimum Gasteiger partial charge on any atom is -0.377 e. The van der Waals surface area contributed by atoms with Gasteiger partial charge in [-0.1, -0.05) is 95.0 Å². The van der Waals surface area contributed by atoms with E-state index in [0.29, 0.717) is 5.41 Å². The largest absolute Gasteiger partial charge is 1.00 e. The molecule has 153 valence electrons. The molecule has 2 heterocycles. The first-order valence-corrected chi connectivity index (χ1v) is 12.3. The summed E-state index contributed by atoms with van der Waals surface area (Å²) in [5, 5.41) is 0. The monoisotopic (exact) mass is 385 g/mol. The van der Waals surface area contributed by atoms with Gasteiger partial charge in [-0.2, -0.15) is 17.5 Å². The van der Waals surface area contributed by atoms with E-state index in [0.717, 1.165) is 55.1 Å². The molecule has 4 bridgehead atoms. The summed E-state index contributed by atoms with van der Waals surface area (Å²) in [5.74, 6) is 6.01. The van der Waals surface area contributed by atoms with Gasteiger partial charge in [0.2, 0.25) is 0 Å². The molecular formula is C26H39BLiO. The van der Waals surface area contributed by atoms with E-state index in [-0.39, 0.29) is 18.9 Å². The normalized spacial score (nSPS) is 38.0. The predicted octanol–water partition coefficient (Wildman–Crippen LogP) is 4.25. The van der Waals surface area contributed by atoms with Gasteiger partial charge in [-0.25, -0.2) is 0 Å². The molecule has 0 unspecified atom stereocenters. The van der Waals surface area contributed by atoms with Crippen LogP contribution in [0.1, 0.15) is 77.2 Å². The van der Waals surface area contributed by atoms with E-state index in [4.69, 9.17) is 4.74 Å². The number of fused-ring (bicyclic) bond motifs is 5. The molecule has 1 aromatic rings. The summed E-state index contributed by atoms with van der Waals surface area (Å²) in [6.07, 6.45) is 13.5. The van der Waals surface area contributed by atoms with Gasteiger partial charge in [0.15, 0.2) is 0 Å². The molecular weight excluding hydrogens is 346 g/mol. The van der Waals surface area contributed by atoms with E-state index in [1.807, 2.05) is 0 Å². The summed E-state index contributed by atoms with van der Waals surface area (Å²) in [4.78, 5) is 0. The Morgan fingerprint density at radius 2 is 1.62 bits per heavy atom. The van der Waals surface area contributed by atoms with Gasteiger partial charge in [0.05, 0.1) is 6.61 Å². The van der Waals surface area contributed by atoms with Crippen molar-refractivity contribution >= 4 is 6.71 Å². The molecule has 6 rings (SSSR count). The fraction of sp³-hybridized carbons (Fsp3) is 0.769. The third-order valence-electron chi connectivity index (χ3n) is 9.76. The minimum atomic E-state index is 0. The summed E-state index contributed by atoms with van der Waals surface area (Å²) >= 11 is 0. The van der Waals surface area contributed by atoms with Gasteiger partial charge in [-0.15, -0.1) is 6.71 Å². The van der Waals surface area contributed by atoms with E-state index in [1.165, 1.54) is 63.4 Å². The van der Waals surface area contributed by atoms with Gasteiger partial charge < -0.3 is 4.74 Å². The van der Waals surface area contributed by atoms with Crippen LogP contribution in [0.25, 0.3) is 0 Å². The SMILES string of the molecule is CC1(C)[C@@H]2C[C@H]([B-]3C4CCCC3CCC4)[C@@H](CCOCc3ccccc3)[C@H]1C2.[Li+]. The molecule has 0 aromatic heterocycles. The van der Waals surface area contributed by atoms with Crippen LogP contribution < -0.4 is 18.9 Å². The molecule has 5 fully saturated rings. The Balaban J connectivity index is 0.00000205. The molecule has 29 heavy (non-hydrogen) atoms. The zero-order valence-corrected chi connectivity index (χ0v) is 19.1. The second-order valence-electron chi connectivity index (χ2n) is 11.2. The average Bonchev–Trinajstić information content (AvgIpc) is 2.71.